The molecule has 0 fully saturated rings. The molecule has 7 heteroatoms. The van der Waals surface area contributed by atoms with Gasteiger partial charge < -0.3 is 5.11 Å². The van der Waals surface area contributed by atoms with Gasteiger partial charge in [0.15, 0.2) is 11.6 Å². The van der Waals surface area contributed by atoms with Crippen molar-refractivity contribution in [3.8, 4) is 17.1 Å². The monoisotopic (exact) mass is 406 g/mol. The van der Waals surface area contributed by atoms with Gasteiger partial charge in [0.1, 0.15) is 12.4 Å². The van der Waals surface area contributed by atoms with Gasteiger partial charge in [-0.15, -0.1) is 0 Å². The van der Waals surface area contributed by atoms with Crippen molar-refractivity contribution in [2.24, 2.45) is 7.05 Å². The van der Waals surface area contributed by atoms with Crippen LogP contribution in [-0.4, -0.2) is 24.4 Å². The Morgan fingerprint density at radius 2 is 1.90 bits per heavy atom. The van der Waals surface area contributed by atoms with E-state index in [0.29, 0.717) is 16.6 Å². The molecule has 2 aromatic heterocycles. The van der Waals surface area contributed by atoms with E-state index in [1.54, 1.807) is 17.7 Å². The van der Waals surface area contributed by atoms with Gasteiger partial charge in [0.05, 0.1) is 16.6 Å². The molecule has 0 spiro atoms. The lowest BCUT2D eigenvalue weighted by Crippen LogP contribution is -2.20. The van der Waals surface area contributed by atoms with Crippen LogP contribution >= 0.6 is 0 Å². The van der Waals surface area contributed by atoms with Gasteiger partial charge in [-0.05, 0) is 47.6 Å². The second-order valence-corrected chi connectivity index (χ2v) is 7.71. The SMILES string of the molecule is Cc1ccccc1-n1cc(C(C)C)c2cc(-c3nc(CO)n(C)n3)c(F)cc2c1=O. The van der Waals surface area contributed by atoms with E-state index in [-0.39, 0.29) is 29.5 Å². The summed E-state index contributed by atoms with van der Waals surface area (Å²) in [6.45, 7) is 5.72. The molecule has 0 bridgehead atoms. The van der Waals surface area contributed by atoms with Crippen molar-refractivity contribution in [3.63, 3.8) is 0 Å². The average molecular weight is 406 g/mol. The number of fused-ring (bicyclic) bond motifs is 1. The molecule has 0 atom stereocenters. The topological polar surface area (TPSA) is 72.9 Å². The van der Waals surface area contributed by atoms with Crippen LogP contribution in [0.4, 0.5) is 4.39 Å². The summed E-state index contributed by atoms with van der Waals surface area (Å²) in [4.78, 5) is 17.5. The molecular formula is C23H23FN4O2. The lowest BCUT2D eigenvalue weighted by molar-refractivity contribution is 0.265. The second kappa shape index (κ2) is 7.50. The summed E-state index contributed by atoms with van der Waals surface area (Å²) >= 11 is 0. The average Bonchev–Trinajstić information content (AvgIpc) is 3.09. The van der Waals surface area contributed by atoms with Crippen molar-refractivity contribution < 1.29 is 9.50 Å². The number of aliphatic hydroxyl groups excluding tert-OH is 1. The van der Waals surface area contributed by atoms with E-state index in [1.807, 2.05) is 51.2 Å². The standard InChI is InChI=1S/C23H23FN4O2/c1-13(2)18-11-28(20-8-6-5-7-14(20)3)23(30)16-10-19(24)17(9-15(16)18)22-25-21(12-29)27(4)26-22/h5-11,13,29H,12H2,1-4H3. The highest BCUT2D eigenvalue weighted by atomic mass is 19.1. The molecule has 4 aromatic rings. The zero-order valence-corrected chi connectivity index (χ0v) is 17.3. The van der Waals surface area contributed by atoms with E-state index in [0.717, 1.165) is 16.8 Å². The Labute approximate surface area is 173 Å². The quantitative estimate of drug-likeness (QED) is 0.559. The van der Waals surface area contributed by atoms with Crippen LogP contribution in [0.25, 0.3) is 27.8 Å². The molecule has 30 heavy (non-hydrogen) atoms. The smallest absolute Gasteiger partial charge is 0.263 e. The Bertz CT molecular complexity index is 1320. The fraction of sp³-hybridized carbons (Fsp3) is 0.261. The molecule has 0 unspecified atom stereocenters. The number of hydrogen-bond acceptors (Lipinski definition) is 4. The van der Waals surface area contributed by atoms with Gasteiger partial charge in [0.25, 0.3) is 5.56 Å². The van der Waals surface area contributed by atoms with Crippen LogP contribution in [-0.2, 0) is 13.7 Å². The molecule has 0 radical (unpaired) electrons. The second-order valence-electron chi connectivity index (χ2n) is 7.71. The van der Waals surface area contributed by atoms with Crippen LogP contribution in [0.1, 0.15) is 36.7 Å². The number of aliphatic hydroxyl groups is 1. The highest BCUT2D eigenvalue weighted by Crippen LogP contribution is 2.30. The summed E-state index contributed by atoms with van der Waals surface area (Å²) in [6.07, 6.45) is 1.84. The third-order valence-electron chi connectivity index (χ3n) is 5.37. The summed E-state index contributed by atoms with van der Waals surface area (Å²) in [5.41, 5.74) is 2.58. The molecule has 0 saturated heterocycles. The van der Waals surface area contributed by atoms with E-state index >= 15 is 4.39 Å². The van der Waals surface area contributed by atoms with Gasteiger partial charge in [0.2, 0.25) is 0 Å². The van der Waals surface area contributed by atoms with Gasteiger partial charge in [-0.2, -0.15) is 5.10 Å². The van der Waals surface area contributed by atoms with E-state index in [4.69, 9.17) is 0 Å². The predicted octanol–water partition coefficient (Wildman–Crippen LogP) is 3.85. The molecule has 6 nitrogen and oxygen atoms in total. The number of nitrogens with zero attached hydrogens (tertiary/aromatic N) is 4. The first-order chi connectivity index (χ1) is 14.3. The first-order valence-electron chi connectivity index (χ1n) is 9.77. The maximum Gasteiger partial charge on any atom is 0.263 e. The number of para-hydroxylation sites is 1. The summed E-state index contributed by atoms with van der Waals surface area (Å²) in [5, 5.41) is 14.6. The number of benzene rings is 2. The minimum Gasteiger partial charge on any atom is -0.388 e. The molecule has 0 saturated carbocycles. The summed E-state index contributed by atoms with van der Waals surface area (Å²) in [7, 11) is 1.64. The Balaban J connectivity index is 2.03. The molecule has 2 aromatic carbocycles. The molecule has 0 aliphatic rings. The maximum atomic E-state index is 15.1. The van der Waals surface area contributed by atoms with Gasteiger partial charge in [-0.1, -0.05) is 32.0 Å². The van der Waals surface area contributed by atoms with Crippen molar-refractivity contribution in [1.82, 2.24) is 19.3 Å². The molecule has 0 amide bonds. The zero-order chi connectivity index (χ0) is 21.6. The van der Waals surface area contributed by atoms with Gasteiger partial charge in [0, 0.05) is 13.2 Å². The third kappa shape index (κ3) is 3.21. The third-order valence-corrected chi connectivity index (χ3v) is 5.37. The van der Waals surface area contributed by atoms with Gasteiger partial charge >= 0.3 is 0 Å². The predicted molar refractivity (Wildman–Crippen MR) is 114 cm³/mol. The highest BCUT2D eigenvalue weighted by Gasteiger charge is 2.19. The molecule has 1 N–H and O–H groups in total. The number of aryl methyl sites for hydroxylation is 2. The zero-order valence-electron chi connectivity index (χ0n) is 17.3. The van der Waals surface area contributed by atoms with Gasteiger partial charge in [-0.25, -0.2) is 9.37 Å². The van der Waals surface area contributed by atoms with Crippen molar-refractivity contribution in [1.29, 1.82) is 0 Å². The molecule has 0 aliphatic heterocycles. The first kappa shape index (κ1) is 20.0. The largest absolute Gasteiger partial charge is 0.388 e. The summed E-state index contributed by atoms with van der Waals surface area (Å²) in [5.74, 6) is 0.0422. The lowest BCUT2D eigenvalue weighted by Gasteiger charge is -2.17. The summed E-state index contributed by atoms with van der Waals surface area (Å²) in [6, 6.07) is 10.5. The molecule has 154 valence electrons. The van der Waals surface area contributed by atoms with E-state index in [2.05, 4.69) is 10.1 Å². The molecule has 4 rings (SSSR count). The van der Waals surface area contributed by atoms with E-state index in [9.17, 15) is 9.90 Å². The van der Waals surface area contributed by atoms with Crippen LogP contribution in [0.15, 0.2) is 47.4 Å². The van der Waals surface area contributed by atoms with Crippen molar-refractivity contribution in [2.75, 3.05) is 0 Å². The number of aromatic nitrogens is 4. The Hall–Kier alpha value is -3.32. The van der Waals surface area contributed by atoms with Crippen LogP contribution in [0, 0.1) is 12.7 Å². The van der Waals surface area contributed by atoms with E-state index in [1.165, 1.54) is 10.7 Å². The van der Waals surface area contributed by atoms with Crippen LogP contribution < -0.4 is 5.56 Å². The number of pyridine rings is 1. The lowest BCUT2D eigenvalue weighted by atomic mass is 9.96. The molecule has 2 heterocycles. The number of hydrogen-bond donors (Lipinski definition) is 1. The Morgan fingerprint density at radius 3 is 2.53 bits per heavy atom. The van der Waals surface area contributed by atoms with Crippen molar-refractivity contribution in [2.45, 2.75) is 33.3 Å². The van der Waals surface area contributed by atoms with Crippen molar-refractivity contribution >= 4 is 10.8 Å². The number of halogens is 1. The van der Waals surface area contributed by atoms with Crippen LogP contribution in [0.2, 0.25) is 0 Å². The van der Waals surface area contributed by atoms with E-state index < -0.39 is 5.82 Å². The fourth-order valence-electron chi connectivity index (χ4n) is 3.70. The van der Waals surface area contributed by atoms with Crippen molar-refractivity contribution in [3.05, 3.63) is 75.7 Å². The van der Waals surface area contributed by atoms with Crippen LogP contribution in [0.5, 0.6) is 0 Å². The first-order valence-corrected chi connectivity index (χ1v) is 9.77. The Kier molecular flexibility index (Phi) is 4.99. The maximum absolute atomic E-state index is 15.1. The molecular weight excluding hydrogens is 383 g/mol. The minimum absolute atomic E-state index is 0.103. The Morgan fingerprint density at radius 1 is 1.17 bits per heavy atom. The number of rotatable bonds is 4. The minimum atomic E-state index is -0.577. The fourth-order valence-corrected chi connectivity index (χ4v) is 3.70. The summed E-state index contributed by atoms with van der Waals surface area (Å²) < 4.78 is 18.1. The highest BCUT2D eigenvalue weighted by molar-refractivity contribution is 5.89. The molecule has 0 aliphatic carbocycles. The normalized spacial score (nSPS) is 11.6. The van der Waals surface area contributed by atoms with Gasteiger partial charge in [-0.3, -0.25) is 14.0 Å². The van der Waals surface area contributed by atoms with Crippen LogP contribution in [0.3, 0.4) is 0 Å².